The predicted octanol–water partition coefficient (Wildman–Crippen LogP) is 1.83. The Morgan fingerprint density at radius 1 is 1.08 bits per heavy atom. The van der Waals surface area contributed by atoms with Crippen LogP contribution in [-0.2, 0) is 22.3 Å². The summed E-state index contributed by atoms with van der Waals surface area (Å²) in [5.41, 5.74) is -0.531. The standard InChI is InChI=1S/C17H22F3N3O2/c1-13(24)22-7-9-23(10-8-22)16(25)12-21(2)11-14-5-3-4-6-15(14)17(18,19)20/h3-6H,7-12H2,1-2H3. The van der Waals surface area contributed by atoms with Gasteiger partial charge in [-0.25, -0.2) is 0 Å². The summed E-state index contributed by atoms with van der Waals surface area (Å²) in [5, 5.41) is 0. The average Bonchev–Trinajstić information content (AvgIpc) is 2.54. The molecule has 1 fully saturated rings. The largest absolute Gasteiger partial charge is 0.416 e. The van der Waals surface area contributed by atoms with Crippen molar-refractivity contribution in [3.05, 3.63) is 35.4 Å². The number of piperazine rings is 1. The zero-order valence-electron chi connectivity index (χ0n) is 14.3. The fourth-order valence-electron chi connectivity index (χ4n) is 2.88. The van der Waals surface area contributed by atoms with Crippen LogP contribution in [0.1, 0.15) is 18.1 Å². The van der Waals surface area contributed by atoms with Crippen LogP contribution in [0.2, 0.25) is 0 Å². The molecule has 5 nitrogen and oxygen atoms in total. The molecule has 1 saturated heterocycles. The van der Waals surface area contributed by atoms with Gasteiger partial charge in [0, 0.05) is 39.6 Å². The topological polar surface area (TPSA) is 43.9 Å². The van der Waals surface area contributed by atoms with Gasteiger partial charge >= 0.3 is 6.18 Å². The molecule has 0 radical (unpaired) electrons. The smallest absolute Gasteiger partial charge is 0.339 e. The minimum Gasteiger partial charge on any atom is -0.339 e. The normalized spacial score (nSPS) is 15.6. The van der Waals surface area contributed by atoms with E-state index < -0.39 is 11.7 Å². The third kappa shape index (κ3) is 5.19. The first-order valence-corrected chi connectivity index (χ1v) is 8.05. The molecule has 1 aliphatic heterocycles. The summed E-state index contributed by atoms with van der Waals surface area (Å²) >= 11 is 0. The molecular weight excluding hydrogens is 335 g/mol. The number of halogens is 3. The molecule has 0 spiro atoms. The van der Waals surface area contributed by atoms with Gasteiger partial charge in [-0.15, -0.1) is 0 Å². The van der Waals surface area contributed by atoms with Crippen LogP contribution in [0.4, 0.5) is 13.2 Å². The number of hydrogen-bond donors (Lipinski definition) is 0. The monoisotopic (exact) mass is 357 g/mol. The second kappa shape index (κ2) is 7.86. The summed E-state index contributed by atoms with van der Waals surface area (Å²) in [6, 6.07) is 5.38. The van der Waals surface area contributed by atoms with E-state index in [-0.39, 0.29) is 30.5 Å². The highest BCUT2D eigenvalue weighted by Crippen LogP contribution is 2.32. The Morgan fingerprint density at radius 2 is 1.64 bits per heavy atom. The Balaban J connectivity index is 1.92. The van der Waals surface area contributed by atoms with Crippen molar-refractivity contribution in [2.45, 2.75) is 19.6 Å². The van der Waals surface area contributed by atoms with Crippen LogP contribution < -0.4 is 0 Å². The van der Waals surface area contributed by atoms with Crippen LogP contribution in [0.15, 0.2) is 24.3 Å². The molecule has 2 rings (SSSR count). The Labute approximate surface area is 145 Å². The van der Waals surface area contributed by atoms with Gasteiger partial charge in [-0.3, -0.25) is 14.5 Å². The molecule has 0 atom stereocenters. The van der Waals surface area contributed by atoms with Gasteiger partial charge in [0.2, 0.25) is 11.8 Å². The van der Waals surface area contributed by atoms with Crippen LogP contribution >= 0.6 is 0 Å². The zero-order chi connectivity index (χ0) is 18.6. The van der Waals surface area contributed by atoms with E-state index in [1.807, 2.05) is 0 Å². The molecule has 1 aromatic rings. The summed E-state index contributed by atoms with van der Waals surface area (Å²) < 4.78 is 39.1. The van der Waals surface area contributed by atoms with Crippen molar-refractivity contribution in [3.63, 3.8) is 0 Å². The van der Waals surface area contributed by atoms with Crippen molar-refractivity contribution in [1.29, 1.82) is 0 Å². The summed E-state index contributed by atoms with van der Waals surface area (Å²) in [6.07, 6.45) is -4.41. The third-order valence-corrected chi connectivity index (χ3v) is 4.25. The molecule has 8 heteroatoms. The third-order valence-electron chi connectivity index (χ3n) is 4.25. The number of benzene rings is 1. The Hall–Kier alpha value is -2.09. The van der Waals surface area contributed by atoms with E-state index in [4.69, 9.17) is 0 Å². The zero-order valence-corrected chi connectivity index (χ0v) is 14.3. The number of alkyl halides is 3. The molecule has 1 aromatic carbocycles. The molecule has 0 aromatic heterocycles. The first-order chi connectivity index (χ1) is 11.7. The fourth-order valence-corrected chi connectivity index (χ4v) is 2.88. The maximum absolute atomic E-state index is 13.0. The Bertz CT molecular complexity index is 626. The molecule has 0 aliphatic carbocycles. The van der Waals surface area contributed by atoms with E-state index in [1.54, 1.807) is 27.8 Å². The molecule has 1 heterocycles. The fraction of sp³-hybridized carbons (Fsp3) is 0.529. The van der Waals surface area contributed by atoms with Gasteiger partial charge in [-0.05, 0) is 18.7 Å². The number of amides is 2. The summed E-state index contributed by atoms with van der Waals surface area (Å²) in [7, 11) is 1.62. The van der Waals surface area contributed by atoms with Gasteiger partial charge in [-0.2, -0.15) is 13.2 Å². The van der Waals surface area contributed by atoms with Crippen LogP contribution in [0.5, 0.6) is 0 Å². The molecule has 0 unspecified atom stereocenters. The lowest BCUT2D eigenvalue weighted by molar-refractivity contribution is -0.139. The molecule has 1 aliphatic rings. The van der Waals surface area contributed by atoms with E-state index in [0.717, 1.165) is 6.07 Å². The lowest BCUT2D eigenvalue weighted by Crippen LogP contribution is -2.51. The molecule has 2 amide bonds. The number of carbonyl (C=O) groups excluding carboxylic acids is 2. The quantitative estimate of drug-likeness (QED) is 0.826. The summed E-state index contributed by atoms with van der Waals surface area (Å²) in [6.45, 7) is 3.44. The molecule has 0 saturated carbocycles. The van der Waals surface area contributed by atoms with Crippen molar-refractivity contribution < 1.29 is 22.8 Å². The van der Waals surface area contributed by atoms with Crippen molar-refractivity contribution >= 4 is 11.8 Å². The van der Waals surface area contributed by atoms with Crippen LogP contribution in [-0.4, -0.2) is 66.3 Å². The lowest BCUT2D eigenvalue weighted by Gasteiger charge is -2.35. The molecule has 25 heavy (non-hydrogen) atoms. The van der Waals surface area contributed by atoms with E-state index in [0.29, 0.717) is 26.2 Å². The minimum absolute atomic E-state index is 0.0204. The van der Waals surface area contributed by atoms with E-state index in [1.165, 1.54) is 19.1 Å². The van der Waals surface area contributed by atoms with Gasteiger partial charge in [0.05, 0.1) is 12.1 Å². The van der Waals surface area contributed by atoms with Crippen molar-refractivity contribution in [1.82, 2.24) is 14.7 Å². The van der Waals surface area contributed by atoms with Crippen molar-refractivity contribution in [3.8, 4) is 0 Å². The van der Waals surface area contributed by atoms with E-state index in [9.17, 15) is 22.8 Å². The second-order valence-corrected chi connectivity index (χ2v) is 6.21. The summed E-state index contributed by atoms with van der Waals surface area (Å²) in [4.78, 5) is 28.5. The highest BCUT2D eigenvalue weighted by molar-refractivity contribution is 5.79. The van der Waals surface area contributed by atoms with Gasteiger partial charge in [0.1, 0.15) is 0 Å². The van der Waals surface area contributed by atoms with E-state index in [2.05, 4.69) is 0 Å². The SMILES string of the molecule is CC(=O)N1CCN(C(=O)CN(C)Cc2ccccc2C(F)(F)F)CC1. The minimum atomic E-state index is -4.41. The number of rotatable bonds is 4. The number of hydrogen-bond acceptors (Lipinski definition) is 3. The maximum Gasteiger partial charge on any atom is 0.416 e. The second-order valence-electron chi connectivity index (χ2n) is 6.21. The number of likely N-dealkylation sites (N-methyl/N-ethyl adjacent to an activating group) is 1. The van der Waals surface area contributed by atoms with Gasteiger partial charge in [0.15, 0.2) is 0 Å². The Morgan fingerprint density at radius 3 is 2.20 bits per heavy atom. The first-order valence-electron chi connectivity index (χ1n) is 8.05. The number of carbonyl (C=O) groups is 2. The highest BCUT2D eigenvalue weighted by Gasteiger charge is 2.33. The van der Waals surface area contributed by atoms with Crippen molar-refractivity contribution in [2.24, 2.45) is 0 Å². The lowest BCUT2D eigenvalue weighted by atomic mass is 10.1. The van der Waals surface area contributed by atoms with Gasteiger partial charge < -0.3 is 9.80 Å². The van der Waals surface area contributed by atoms with E-state index >= 15 is 0 Å². The van der Waals surface area contributed by atoms with Crippen LogP contribution in [0, 0.1) is 0 Å². The highest BCUT2D eigenvalue weighted by atomic mass is 19.4. The first kappa shape index (κ1) is 19.2. The number of nitrogens with zero attached hydrogens (tertiary/aromatic N) is 3. The van der Waals surface area contributed by atoms with Crippen LogP contribution in [0.3, 0.4) is 0 Å². The van der Waals surface area contributed by atoms with Gasteiger partial charge in [-0.1, -0.05) is 18.2 Å². The molecule has 138 valence electrons. The van der Waals surface area contributed by atoms with Crippen molar-refractivity contribution in [2.75, 3.05) is 39.8 Å². The summed E-state index contributed by atoms with van der Waals surface area (Å²) in [5.74, 6) is -0.164. The maximum atomic E-state index is 13.0. The molecule has 0 bridgehead atoms. The van der Waals surface area contributed by atoms with Crippen LogP contribution in [0.25, 0.3) is 0 Å². The van der Waals surface area contributed by atoms with Gasteiger partial charge in [0.25, 0.3) is 0 Å². The Kier molecular flexibility index (Phi) is 6.05. The average molecular weight is 357 g/mol. The predicted molar refractivity (Wildman–Crippen MR) is 86.6 cm³/mol. The molecule has 0 N–H and O–H groups in total. The molecular formula is C17H22F3N3O2.